The number of fused-ring (bicyclic) bond motifs is 1. The van der Waals surface area contributed by atoms with E-state index in [1.807, 2.05) is 71.6 Å². The summed E-state index contributed by atoms with van der Waals surface area (Å²) in [5.74, 6) is 0.917. The smallest absolute Gasteiger partial charge is 0.308 e. The zero-order valence-electron chi connectivity index (χ0n) is 13.5. The van der Waals surface area contributed by atoms with Gasteiger partial charge in [0, 0.05) is 22.7 Å². The van der Waals surface area contributed by atoms with Crippen molar-refractivity contribution in [3.05, 3.63) is 77.3 Å². The van der Waals surface area contributed by atoms with Crippen LogP contribution in [0, 0.1) is 0 Å². The summed E-state index contributed by atoms with van der Waals surface area (Å²) in [7, 11) is 0. The summed E-state index contributed by atoms with van der Waals surface area (Å²) in [6.07, 6.45) is 0. The lowest BCUT2D eigenvalue weighted by Crippen LogP contribution is -2.34. The Morgan fingerprint density at radius 3 is 2.76 bits per heavy atom. The van der Waals surface area contributed by atoms with Crippen LogP contribution in [0.3, 0.4) is 0 Å². The molecular weight excluding hydrogens is 352 g/mol. The summed E-state index contributed by atoms with van der Waals surface area (Å²) in [6, 6.07) is 21.7. The summed E-state index contributed by atoms with van der Waals surface area (Å²) >= 11 is 7.88. The number of thioether (sulfide) groups is 1. The molecule has 1 fully saturated rings. The number of urea groups is 1. The summed E-state index contributed by atoms with van der Waals surface area (Å²) in [5.41, 5.74) is 1.90. The quantitative estimate of drug-likeness (QED) is 0.622. The third-order valence-corrected chi connectivity index (χ3v) is 5.81. The highest BCUT2D eigenvalue weighted by molar-refractivity contribution is 7.99. The monoisotopic (exact) mass is 368 g/mol. The highest BCUT2D eigenvalue weighted by atomic mass is 35.5. The number of benzene rings is 3. The molecule has 2 amide bonds. The maximum Gasteiger partial charge on any atom is 0.323 e. The van der Waals surface area contributed by atoms with E-state index in [0.717, 1.165) is 34.3 Å². The second-order valence-electron chi connectivity index (χ2n) is 5.93. The SMILES string of the molecule is O=C(Nc1cccc2ccccc12)N1CCSC1c1cccc(Cl)c1. The molecule has 3 aromatic carbocycles. The average Bonchev–Trinajstić information content (AvgIpc) is 3.12. The second kappa shape index (κ2) is 6.98. The maximum absolute atomic E-state index is 12.9. The van der Waals surface area contributed by atoms with Crippen LogP contribution >= 0.6 is 23.4 Å². The first-order valence-electron chi connectivity index (χ1n) is 8.15. The van der Waals surface area contributed by atoms with Gasteiger partial charge in [-0.15, -0.1) is 11.8 Å². The Balaban J connectivity index is 1.59. The number of amides is 2. The summed E-state index contributed by atoms with van der Waals surface area (Å²) in [4.78, 5) is 14.8. The van der Waals surface area contributed by atoms with Crippen LogP contribution in [0.2, 0.25) is 5.02 Å². The Labute approximate surface area is 156 Å². The fourth-order valence-corrected chi connectivity index (χ4v) is 4.58. The summed E-state index contributed by atoms with van der Waals surface area (Å²) in [6.45, 7) is 0.721. The zero-order valence-corrected chi connectivity index (χ0v) is 15.1. The molecule has 1 aliphatic rings. The lowest BCUT2D eigenvalue weighted by Gasteiger charge is -2.25. The number of halogens is 1. The third-order valence-electron chi connectivity index (χ3n) is 4.32. The highest BCUT2D eigenvalue weighted by Crippen LogP contribution is 2.39. The normalized spacial score (nSPS) is 17.0. The predicted octanol–water partition coefficient (Wildman–Crippen LogP) is 5.77. The Bertz CT molecular complexity index is 925. The van der Waals surface area contributed by atoms with Crippen molar-refractivity contribution < 1.29 is 4.79 Å². The maximum atomic E-state index is 12.9. The third kappa shape index (κ3) is 3.32. The first-order valence-corrected chi connectivity index (χ1v) is 9.57. The van der Waals surface area contributed by atoms with Crippen molar-refractivity contribution >= 4 is 45.9 Å². The van der Waals surface area contributed by atoms with Crippen LogP contribution in [0.15, 0.2) is 66.7 Å². The summed E-state index contributed by atoms with van der Waals surface area (Å²) in [5, 5.41) is 5.93. The number of carbonyl (C=O) groups excluding carboxylic acids is 1. The van der Waals surface area contributed by atoms with Gasteiger partial charge in [0.1, 0.15) is 5.37 Å². The van der Waals surface area contributed by atoms with Gasteiger partial charge < -0.3 is 10.2 Å². The molecule has 25 heavy (non-hydrogen) atoms. The zero-order chi connectivity index (χ0) is 17.2. The standard InChI is InChI=1S/C20H17ClN2OS/c21-16-8-3-7-15(13-16)19-23(11-12-25-19)20(24)22-18-10-4-6-14-5-1-2-9-17(14)18/h1-10,13,19H,11-12H2,(H,22,24). The number of nitrogens with one attached hydrogen (secondary N) is 1. The molecule has 0 aromatic heterocycles. The van der Waals surface area contributed by atoms with Crippen LogP contribution in [0.5, 0.6) is 0 Å². The highest BCUT2D eigenvalue weighted by Gasteiger charge is 2.31. The molecule has 1 atom stereocenters. The molecule has 0 bridgehead atoms. The largest absolute Gasteiger partial charge is 0.323 e. The molecule has 1 heterocycles. The molecular formula is C20H17ClN2OS. The van der Waals surface area contributed by atoms with Gasteiger partial charge in [0.05, 0.1) is 5.69 Å². The molecule has 3 nitrogen and oxygen atoms in total. The minimum absolute atomic E-state index is 0.00586. The van der Waals surface area contributed by atoms with Crippen LogP contribution in [0.4, 0.5) is 10.5 Å². The van der Waals surface area contributed by atoms with E-state index in [1.165, 1.54) is 0 Å². The molecule has 4 rings (SSSR count). The Morgan fingerprint density at radius 1 is 1.08 bits per heavy atom. The number of rotatable bonds is 2. The van der Waals surface area contributed by atoms with Crippen molar-refractivity contribution in [3.63, 3.8) is 0 Å². The first-order chi connectivity index (χ1) is 12.2. The van der Waals surface area contributed by atoms with E-state index in [0.29, 0.717) is 5.02 Å². The van der Waals surface area contributed by atoms with Gasteiger partial charge in [-0.25, -0.2) is 4.79 Å². The first kappa shape index (κ1) is 16.3. The minimum atomic E-state index is -0.0775. The molecule has 1 saturated heterocycles. The molecule has 5 heteroatoms. The molecule has 126 valence electrons. The fraction of sp³-hybridized carbons (Fsp3) is 0.150. The van der Waals surface area contributed by atoms with Crippen molar-refractivity contribution in [2.75, 3.05) is 17.6 Å². The lowest BCUT2D eigenvalue weighted by molar-refractivity contribution is 0.214. The van der Waals surface area contributed by atoms with Crippen molar-refractivity contribution in [2.45, 2.75) is 5.37 Å². The molecule has 1 aliphatic heterocycles. The van der Waals surface area contributed by atoms with E-state index in [2.05, 4.69) is 5.32 Å². The molecule has 0 spiro atoms. The van der Waals surface area contributed by atoms with Gasteiger partial charge in [-0.2, -0.15) is 0 Å². The van der Waals surface area contributed by atoms with Crippen LogP contribution in [0.25, 0.3) is 10.8 Å². The van der Waals surface area contributed by atoms with E-state index >= 15 is 0 Å². The van der Waals surface area contributed by atoms with Gasteiger partial charge >= 0.3 is 6.03 Å². The van der Waals surface area contributed by atoms with Gasteiger partial charge in [-0.05, 0) is 29.1 Å². The molecule has 1 N–H and O–H groups in total. The van der Waals surface area contributed by atoms with Gasteiger partial charge in [-0.3, -0.25) is 0 Å². The van der Waals surface area contributed by atoms with E-state index in [1.54, 1.807) is 11.8 Å². The van der Waals surface area contributed by atoms with E-state index in [9.17, 15) is 4.79 Å². The van der Waals surface area contributed by atoms with Gasteiger partial charge in [0.25, 0.3) is 0 Å². The van der Waals surface area contributed by atoms with Crippen molar-refractivity contribution in [1.29, 1.82) is 0 Å². The molecule has 3 aromatic rings. The van der Waals surface area contributed by atoms with E-state index in [-0.39, 0.29) is 11.4 Å². The number of anilines is 1. The van der Waals surface area contributed by atoms with Gasteiger partial charge in [0.2, 0.25) is 0 Å². The molecule has 0 aliphatic carbocycles. The molecule has 1 unspecified atom stereocenters. The van der Waals surface area contributed by atoms with E-state index in [4.69, 9.17) is 11.6 Å². The summed E-state index contributed by atoms with van der Waals surface area (Å²) < 4.78 is 0. The van der Waals surface area contributed by atoms with Crippen LogP contribution in [-0.4, -0.2) is 23.2 Å². The Hall–Kier alpha value is -2.17. The van der Waals surface area contributed by atoms with Crippen LogP contribution in [0.1, 0.15) is 10.9 Å². The van der Waals surface area contributed by atoms with Gasteiger partial charge in [0.15, 0.2) is 0 Å². The van der Waals surface area contributed by atoms with Crippen LogP contribution in [-0.2, 0) is 0 Å². The lowest BCUT2D eigenvalue weighted by atomic mass is 10.1. The van der Waals surface area contributed by atoms with E-state index < -0.39 is 0 Å². The number of hydrogen-bond acceptors (Lipinski definition) is 2. The predicted molar refractivity (Wildman–Crippen MR) is 106 cm³/mol. The number of hydrogen-bond donors (Lipinski definition) is 1. The topological polar surface area (TPSA) is 32.3 Å². The average molecular weight is 369 g/mol. The van der Waals surface area contributed by atoms with Crippen molar-refractivity contribution in [3.8, 4) is 0 Å². The van der Waals surface area contributed by atoms with Crippen LogP contribution < -0.4 is 5.32 Å². The number of carbonyl (C=O) groups is 1. The Kier molecular flexibility index (Phi) is 4.55. The van der Waals surface area contributed by atoms with Crippen molar-refractivity contribution in [1.82, 2.24) is 4.90 Å². The molecule has 0 radical (unpaired) electrons. The van der Waals surface area contributed by atoms with Crippen molar-refractivity contribution in [2.24, 2.45) is 0 Å². The Morgan fingerprint density at radius 2 is 1.88 bits per heavy atom. The number of nitrogens with zero attached hydrogens (tertiary/aromatic N) is 1. The minimum Gasteiger partial charge on any atom is -0.308 e. The second-order valence-corrected chi connectivity index (χ2v) is 7.55. The fourth-order valence-electron chi connectivity index (χ4n) is 3.14. The van der Waals surface area contributed by atoms with Gasteiger partial charge in [-0.1, -0.05) is 60.1 Å². The molecule has 0 saturated carbocycles.